The molecule has 0 atom stereocenters. The highest BCUT2D eigenvalue weighted by molar-refractivity contribution is 6.25. The van der Waals surface area contributed by atoms with Crippen LogP contribution in [0.15, 0.2) is 36.4 Å². The van der Waals surface area contributed by atoms with Gasteiger partial charge in [0.2, 0.25) is 5.78 Å². The van der Waals surface area contributed by atoms with E-state index in [2.05, 4.69) is 9.72 Å². The van der Waals surface area contributed by atoms with E-state index in [1.54, 1.807) is 18.2 Å². The van der Waals surface area contributed by atoms with Crippen molar-refractivity contribution in [3.05, 3.63) is 59.0 Å². The van der Waals surface area contributed by atoms with Crippen molar-refractivity contribution in [3.8, 4) is 11.1 Å². The minimum atomic E-state index is -0.450. The SMILES string of the molecule is COC(=O)c1ccc2c3c([nH]c2c1)C(=O)c1ccc(F)cc1-3. The maximum absolute atomic E-state index is 13.5. The second kappa shape index (κ2) is 4.27. The minimum Gasteiger partial charge on any atom is -0.465 e. The number of ether oxygens (including phenoxy) is 1. The Morgan fingerprint density at radius 2 is 1.95 bits per heavy atom. The lowest BCUT2D eigenvalue weighted by atomic mass is 10.0. The van der Waals surface area contributed by atoms with Gasteiger partial charge in [-0.1, -0.05) is 6.07 Å². The summed E-state index contributed by atoms with van der Waals surface area (Å²) in [4.78, 5) is 27.0. The van der Waals surface area contributed by atoms with Gasteiger partial charge in [0.05, 0.1) is 18.4 Å². The predicted molar refractivity (Wildman–Crippen MR) is 78.5 cm³/mol. The van der Waals surface area contributed by atoms with Crippen molar-refractivity contribution in [1.82, 2.24) is 4.98 Å². The van der Waals surface area contributed by atoms with Crippen LogP contribution in [0.2, 0.25) is 0 Å². The Labute approximate surface area is 124 Å². The summed E-state index contributed by atoms with van der Waals surface area (Å²) in [5.74, 6) is -1.00. The largest absolute Gasteiger partial charge is 0.465 e. The maximum atomic E-state index is 13.5. The zero-order valence-electron chi connectivity index (χ0n) is 11.6. The van der Waals surface area contributed by atoms with Crippen LogP contribution < -0.4 is 0 Å². The van der Waals surface area contributed by atoms with E-state index in [4.69, 9.17) is 0 Å². The Balaban J connectivity index is 2.01. The molecule has 4 nitrogen and oxygen atoms in total. The van der Waals surface area contributed by atoms with Crippen LogP contribution in [0.25, 0.3) is 22.0 Å². The summed E-state index contributed by atoms with van der Waals surface area (Å²) in [7, 11) is 1.31. The van der Waals surface area contributed by atoms with Gasteiger partial charge in [0.25, 0.3) is 0 Å². The molecule has 4 rings (SSSR count). The zero-order chi connectivity index (χ0) is 15.4. The van der Waals surface area contributed by atoms with Gasteiger partial charge in [0.1, 0.15) is 5.82 Å². The fourth-order valence-corrected chi connectivity index (χ4v) is 2.95. The lowest BCUT2D eigenvalue weighted by Gasteiger charge is -2.02. The topological polar surface area (TPSA) is 59.2 Å². The summed E-state index contributed by atoms with van der Waals surface area (Å²) in [6, 6.07) is 9.14. The first-order valence-electron chi connectivity index (χ1n) is 6.69. The molecule has 1 aliphatic carbocycles. The third-order valence-electron chi connectivity index (χ3n) is 3.94. The first kappa shape index (κ1) is 12.8. The van der Waals surface area contributed by atoms with Crippen molar-refractivity contribution in [1.29, 1.82) is 0 Å². The number of methoxy groups -OCH3 is 1. The van der Waals surface area contributed by atoms with E-state index in [9.17, 15) is 14.0 Å². The average molecular weight is 295 g/mol. The van der Waals surface area contributed by atoms with Crippen LogP contribution >= 0.6 is 0 Å². The quantitative estimate of drug-likeness (QED) is 0.548. The highest BCUT2D eigenvalue weighted by Crippen LogP contribution is 2.41. The summed E-state index contributed by atoms with van der Waals surface area (Å²) >= 11 is 0. The first-order chi connectivity index (χ1) is 10.6. The number of aromatic nitrogens is 1. The minimum absolute atomic E-state index is 0.166. The van der Waals surface area contributed by atoms with Crippen molar-refractivity contribution in [2.24, 2.45) is 0 Å². The molecule has 3 aromatic rings. The Morgan fingerprint density at radius 1 is 1.14 bits per heavy atom. The molecule has 0 radical (unpaired) electrons. The standard InChI is InChI=1S/C17H10FNO3/c1-22-17(21)8-2-4-11-13(6-8)19-15-14(11)12-7-9(18)3-5-10(12)16(15)20/h2-7,19H,1H3. The molecule has 1 aliphatic rings. The normalized spacial score (nSPS) is 12.4. The molecule has 0 fully saturated rings. The smallest absolute Gasteiger partial charge is 0.337 e. The van der Waals surface area contributed by atoms with Crippen molar-refractivity contribution >= 4 is 22.7 Å². The second-order valence-electron chi connectivity index (χ2n) is 5.15. The monoisotopic (exact) mass is 295 g/mol. The number of fused-ring (bicyclic) bond motifs is 5. The molecular formula is C17H10FNO3. The molecule has 0 spiro atoms. The fourth-order valence-electron chi connectivity index (χ4n) is 2.95. The van der Waals surface area contributed by atoms with Gasteiger partial charge in [-0.2, -0.15) is 0 Å². The fraction of sp³-hybridized carbons (Fsp3) is 0.0588. The Morgan fingerprint density at radius 3 is 2.73 bits per heavy atom. The molecular weight excluding hydrogens is 285 g/mol. The van der Waals surface area contributed by atoms with Crippen molar-refractivity contribution in [2.75, 3.05) is 7.11 Å². The number of hydrogen-bond donors (Lipinski definition) is 1. The first-order valence-corrected chi connectivity index (χ1v) is 6.69. The number of carbonyl (C=O) groups excluding carboxylic acids is 2. The number of aromatic amines is 1. The third-order valence-corrected chi connectivity index (χ3v) is 3.94. The number of halogens is 1. The number of hydrogen-bond acceptors (Lipinski definition) is 3. The number of nitrogens with one attached hydrogen (secondary N) is 1. The van der Waals surface area contributed by atoms with Crippen LogP contribution in [0.4, 0.5) is 4.39 Å². The number of benzene rings is 2. The van der Waals surface area contributed by atoms with Gasteiger partial charge in [-0.3, -0.25) is 4.79 Å². The summed E-state index contributed by atoms with van der Waals surface area (Å²) in [6.45, 7) is 0. The van der Waals surface area contributed by atoms with Crippen LogP contribution in [0, 0.1) is 5.82 Å². The number of rotatable bonds is 1. The van der Waals surface area contributed by atoms with Gasteiger partial charge < -0.3 is 9.72 Å². The van der Waals surface area contributed by atoms with E-state index in [1.165, 1.54) is 25.3 Å². The highest BCUT2D eigenvalue weighted by Gasteiger charge is 2.31. The number of ketones is 1. The van der Waals surface area contributed by atoms with E-state index in [0.717, 1.165) is 5.39 Å². The molecule has 0 amide bonds. The Bertz CT molecular complexity index is 971. The highest BCUT2D eigenvalue weighted by atomic mass is 19.1. The zero-order valence-corrected chi connectivity index (χ0v) is 11.6. The van der Waals surface area contributed by atoms with Gasteiger partial charge >= 0.3 is 5.97 Å². The summed E-state index contributed by atoms with van der Waals surface area (Å²) in [5, 5.41) is 0.778. The van der Waals surface area contributed by atoms with Crippen LogP contribution in [0.5, 0.6) is 0 Å². The lowest BCUT2D eigenvalue weighted by molar-refractivity contribution is 0.0601. The number of esters is 1. The van der Waals surface area contributed by atoms with E-state index >= 15 is 0 Å². The van der Waals surface area contributed by atoms with Gasteiger partial charge in [0, 0.05) is 22.0 Å². The van der Waals surface area contributed by atoms with E-state index in [-0.39, 0.29) is 11.6 Å². The molecule has 1 heterocycles. The Hall–Kier alpha value is -2.95. The molecule has 108 valence electrons. The molecule has 1 N–H and O–H groups in total. The molecule has 0 saturated heterocycles. The molecule has 2 aromatic carbocycles. The lowest BCUT2D eigenvalue weighted by Crippen LogP contribution is -2.00. The molecule has 0 unspecified atom stereocenters. The molecule has 22 heavy (non-hydrogen) atoms. The number of H-pyrrole nitrogens is 1. The van der Waals surface area contributed by atoms with Gasteiger partial charge in [-0.25, -0.2) is 9.18 Å². The van der Waals surface area contributed by atoms with Crippen LogP contribution in [-0.2, 0) is 4.74 Å². The number of carbonyl (C=O) groups is 2. The third kappa shape index (κ3) is 1.56. The Kier molecular flexibility index (Phi) is 2.48. The molecule has 1 aromatic heterocycles. The average Bonchev–Trinajstić information content (AvgIpc) is 3.02. The van der Waals surface area contributed by atoms with E-state index in [1.807, 2.05) is 0 Å². The van der Waals surface area contributed by atoms with Crippen molar-refractivity contribution in [2.45, 2.75) is 0 Å². The van der Waals surface area contributed by atoms with Gasteiger partial charge in [-0.15, -0.1) is 0 Å². The maximum Gasteiger partial charge on any atom is 0.337 e. The van der Waals surface area contributed by atoms with Gasteiger partial charge in [-0.05, 0) is 35.9 Å². The van der Waals surface area contributed by atoms with Crippen molar-refractivity contribution in [3.63, 3.8) is 0 Å². The van der Waals surface area contributed by atoms with Crippen LogP contribution in [0.3, 0.4) is 0 Å². The molecule has 0 bridgehead atoms. The summed E-state index contributed by atoms with van der Waals surface area (Å²) in [6.07, 6.45) is 0. The van der Waals surface area contributed by atoms with Crippen molar-refractivity contribution < 1.29 is 18.7 Å². The van der Waals surface area contributed by atoms with Crippen LogP contribution in [-0.4, -0.2) is 23.8 Å². The molecule has 5 heteroatoms. The van der Waals surface area contributed by atoms with E-state index in [0.29, 0.717) is 33.5 Å². The second-order valence-corrected chi connectivity index (χ2v) is 5.15. The molecule has 0 saturated carbocycles. The predicted octanol–water partition coefficient (Wildman–Crippen LogP) is 3.31. The summed E-state index contributed by atoms with van der Waals surface area (Å²) in [5.41, 5.74) is 3.22. The van der Waals surface area contributed by atoms with E-state index < -0.39 is 5.97 Å². The molecule has 0 aliphatic heterocycles. The summed E-state index contributed by atoms with van der Waals surface area (Å²) < 4.78 is 18.2. The van der Waals surface area contributed by atoms with Crippen LogP contribution in [0.1, 0.15) is 26.4 Å². The van der Waals surface area contributed by atoms with Gasteiger partial charge in [0.15, 0.2) is 0 Å².